The van der Waals surface area contributed by atoms with E-state index in [0.29, 0.717) is 18.9 Å². The molecule has 8 nitrogen and oxygen atoms in total. The monoisotopic (exact) mass is 610 g/mol. The number of nitrogens with zero attached hydrogens (tertiary/aromatic N) is 3. The van der Waals surface area contributed by atoms with Gasteiger partial charge in [0.25, 0.3) is 6.01 Å². The first kappa shape index (κ1) is 28.6. The molecule has 2 heterocycles. The number of allylic oxidation sites excluding steroid dienone is 1. The second-order valence-electron chi connectivity index (χ2n) is 14.1. The number of ketones is 1. The molecule has 0 radical (unpaired) electrons. The smallest absolute Gasteiger partial charge is 0.295 e. The van der Waals surface area contributed by atoms with Gasteiger partial charge in [-0.25, -0.2) is 9.07 Å². The van der Waals surface area contributed by atoms with Crippen LogP contribution in [0.5, 0.6) is 6.01 Å². The summed E-state index contributed by atoms with van der Waals surface area (Å²) in [5.41, 5.74) is 4.20. The molecule has 4 aliphatic rings. The van der Waals surface area contributed by atoms with E-state index in [1.807, 2.05) is 35.1 Å². The number of hydrogen-bond acceptors (Lipinski definition) is 6. The molecule has 4 aliphatic carbocycles. The van der Waals surface area contributed by atoms with Gasteiger partial charge in [0.05, 0.1) is 34.7 Å². The van der Waals surface area contributed by atoms with Crippen molar-refractivity contribution in [2.75, 3.05) is 13.7 Å². The van der Waals surface area contributed by atoms with Gasteiger partial charge < -0.3 is 19.6 Å². The number of benzene rings is 2. The summed E-state index contributed by atoms with van der Waals surface area (Å²) < 4.78 is 27.6. The van der Waals surface area contributed by atoms with Gasteiger partial charge in [-0.3, -0.25) is 4.79 Å². The molecule has 3 saturated carbocycles. The molecule has 2 N–H and O–H groups in total. The van der Waals surface area contributed by atoms with E-state index in [9.17, 15) is 14.3 Å². The number of hydrogen-bond donors (Lipinski definition) is 2. The van der Waals surface area contributed by atoms with Gasteiger partial charge in [-0.2, -0.15) is 10.1 Å². The SMILES string of the molecule is COC1(C(=O)COc2nc3ccccc3[nH]2)CCC2C3CCC4=Cc5c(cnn5-c5ccc(F)cc5)CC4(C)C3C(O)CC21C. The summed E-state index contributed by atoms with van der Waals surface area (Å²) in [7, 11) is 1.63. The molecule has 8 rings (SSSR count). The van der Waals surface area contributed by atoms with Crippen molar-refractivity contribution >= 4 is 22.9 Å². The average Bonchev–Trinajstić information content (AvgIpc) is 3.71. The Kier molecular flexibility index (Phi) is 6.42. The maximum absolute atomic E-state index is 14.1. The third-order valence-corrected chi connectivity index (χ3v) is 12.1. The van der Waals surface area contributed by atoms with Crippen molar-refractivity contribution in [2.45, 2.75) is 64.1 Å². The molecule has 0 amide bonds. The molecule has 9 heteroatoms. The van der Waals surface area contributed by atoms with E-state index in [4.69, 9.17) is 9.47 Å². The summed E-state index contributed by atoms with van der Waals surface area (Å²) in [6.45, 7) is 4.32. The Labute approximate surface area is 261 Å². The molecule has 2 aromatic carbocycles. The molecule has 234 valence electrons. The lowest BCUT2D eigenvalue weighted by atomic mass is 9.45. The maximum Gasteiger partial charge on any atom is 0.295 e. The van der Waals surface area contributed by atoms with E-state index in [1.54, 1.807) is 19.2 Å². The summed E-state index contributed by atoms with van der Waals surface area (Å²) >= 11 is 0. The number of aliphatic hydroxyl groups is 1. The highest BCUT2D eigenvalue weighted by Gasteiger charge is 2.69. The number of fused-ring (bicyclic) bond motifs is 7. The number of nitrogens with one attached hydrogen (secondary N) is 1. The van der Waals surface area contributed by atoms with E-state index >= 15 is 0 Å². The molecular formula is C36H39FN4O4. The molecule has 4 aromatic rings. The lowest BCUT2D eigenvalue weighted by molar-refractivity contribution is -0.188. The van der Waals surface area contributed by atoms with Crippen molar-refractivity contribution in [3.05, 3.63) is 77.4 Å². The Morgan fingerprint density at radius 3 is 2.73 bits per heavy atom. The first-order chi connectivity index (χ1) is 21.7. The largest absolute Gasteiger partial charge is 0.457 e. The quantitative estimate of drug-likeness (QED) is 0.275. The predicted octanol–water partition coefficient (Wildman–Crippen LogP) is 6.07. The fourth-order valence-electron chi connectivity index (χ4n) is 10.1. The Hall–Kier alpha value is -3.82. The number of aromatic amines is 1. The first-order valence-corrected chi connectivity index (χ1v) is 16.0. The topological polar surface area (TPSA) is 102 Å². The molecule has 7 unspecified atom stereocenters. The summed E-state index contributed by atoms with van der Waals surface area (Å²) in [4.78, 5) is 21.7. The molecule has 0 saturated heterocycles. The number of halogens is 1. The number of aromatic nitrogens is 4. The lowest BCUT2D eigenvalue weighted by Gasteiger charge is -2.60. The Morgan fingerprint density at radius 2 is 1.96 bits per heavy atom. The second kappa shape index (κ2) is 10.1. The molecule has 0 aliphatic heterocycles. The van der Waals surface area contributed by atoms with Gasteiger partial charge in [0.2, 0.25) is 5.78 Å². The number of H-pyrrole nitrogens is 1. The van der Waals surface area contributed by atoms with Crippen LogP contribution >= 0.6 is 0 Å². The van der Waals surface area contributed by atoms with Crippen LogP contribution in [0.25, 0.3) is 22.8 Å². The Balaban J connectivity index is 1.06. The zero-order chi connectivity index (χ0) is 31.1. The Bertz CT molecular complexity index is 1800. The van der Waals surface area contributed by atoms with Crippen LogP contribution in [0.3, 0.4) is 0 Å². The van der Waals surface area contributed by atoms with Crippen LogP contribution in [0.4, 0.5) is 4.39 Å². The van der Waals surface area contributed by atoms with Crippen LogP contribution in [0.15, 0.2) is 60.3 Å². The van der Waals surface area contributed by atoms with Crippen molar-refractivity contribution in [1.82, 2.24) is 19.7 Å². The summed E-state index contributed by atoms with van der Waals surface area (Å²) in [6.07, 6.45) is 8.24. The highest BCUT2D eigenvalue weighted by molar-refractivity contribution is 5.90. The molecule has 2 aromatic heterocycles. The van der Waals surface area contributed by atoms with Crippen LogP contribution in [0.1, 0.15) is 57.2 Å². The van der Waals surface area contributed by atoms with Crippen molar-refractivity contribution in [1.29, 1.82) is 0 Å². The van der Waals surface area contributed by atoms with Crippen molar-refractivity contribution in [3.8, 4) is 11.7 Å². The van der Waals surface area contributed by atoms with Crippen molar-refractivity contribution in [3.63, 3.8) is 0 Å². The standard InChI is InChI=1S/C36H39FN4O4/c1-34-17-21-19-38-41(24-11-9-23(37)10-12-24)29(21)16-22(34)8-13-25-26-14-15-36(44-3,35(26,2)18-30(42)32(25)34)31(43)20-45-33-39-27-6-4-5-7-28(27)40-33/h4-7,9-12,16,19,25-26,30,32,42H,8,13-15,17-18,20H2,1-3H3,(H,39,40). The van der Waals surface area contributed by atoms with Crippen LogP contribution in [-0.2, 0) is 16.0 Å². The average molecular weight is 611 g/mol. The third-order valence-electron chi connectivity index (χ3n) is 12.1. The van der Waals surface area contributed by atoms with E-state index in [1.165, 1.54) is 17.7 Å². The van der Waals surface area contributed by atoms with Gasteiger partial charge in [0, 0.05) is 12.5 Å². The number of imidazole rings is 1. The summed E-state index contributed by atoms with van der Waals surface area (Å²) in [5.74, 6) is 0.192. The number of carbonyl (C=O) groups excluding carboxylic acids is 1. The van der Waals surface area contributed by atoms with Gasteiger partial charge in [-0.05, 0) is 110 Å². The van der Waals surface area contributed by atoms with Crippen LogP contribution in [-0.4, -0.2) is 56.1 Å². The number of rotatable bonds is 6. The number of para-hydroxylation sites is 2. The highest BCUT2D eigenvalue weighted by Crippen LogP contribution is 2.68. The molecule has 0 bridgehead atoms. The minimum atomic E-state index is -1.04. The van der Waals surface area contributed by atoms with Crippen LogP contribution in [0.2, 0.25) is 0 Å². The van der Waals surface area contributed by atoms with Crippen LogP contribution in [0, 0.1) is 34.4 Å². The minimum Gasteiger partial charge on any atom is -0.457 e. The lowest BCUT2D eigenvalue weighted by Crippen LogP contribution is -2.63. The molecule has 3 fully saturated rings. The summed E-state index contributed by atoms with van der Waals surface area (Å²) in [6, 6.07) is 14.4. The normalized spacial score (nSPS) is 33.6. The van der Waals surface area contributed by atoms with E-state index in [-0.39, 0.29) is 41.4 Å². The summed E-state index contributed by atoms with van der Waals surface area (Å²) in [5, 5.41) is 16.8. The van der Waals surface area contributed by atoms with E-state index in [0.717, 1.165) is 53.7 Å². The Morgan fingerprint density at radius 1 is 1.16 bits per heavy atom. The van der Waals surface area contributed by atoms with E-state index in [2.05, 4.69) is 35.0 Å². The van der Waals surface area contributed by atoms with Gasteiger partial charge in [0.15, 0.2) is 6.61 Å². The van der Waals surface area contributed by atoms with Crippen molar-refractivity contribution in [2.24, 2.45) is 28.6 Å². The molecule has 0 spiro atoms. The predicted molar refractivity (Wildman–Crippen MR) is 167 cm³/mol. The second-order valence-corrected chi connectivity index (χ2v) is 14.1. The van der Waals surface area contributed by atoms with Gasteiger partial charge in [-0.1, -0.05) is 31.6 Å². The maximum atomic E-state index is 14.1. The van der Waals surface area contributed by atoms with Gasteiger partial charge in [0.1, 0.15) is 11.4 Å². The fourth-order valence-corrected chi connectivity index (χ4v) is 10.1. The number of ether oxygens (including phenoxy) is 2. The number of aliphatic hydroxyl groups excluding tert-OH is 1. The minimum absolute atomic E-state index is 0.0625. The van der Waals surface area contributed by atoms with Gasteiger partial charge in [-0.15, -0.1) is 0 Å². The third kappa shape index (κ3) is 4.06. The fraction of sp³-hybridized carbons (Fsp3) is 0.472. The van der Waals surface area contributed by atoms with Crippen molar-refractivity contribution < 1.29 is 23.8 Å². The number of carbonyl (C=O) groups is 1. The first-order valence-electron chi connectivity index (χ1n) is 16.0. The number of methoxy groups -OCH3 is 1. The van der Waals surface area contributed by atoms with Crippen LogP contribution < -0.4 is 4.74 Å². The highest BCUT2D eigenvalue weighted by atomic mass is 19.1. The molecule has 45 heavy (non-hydrogen) atoms. The van der Waals surface area contributed by atoms with E-state index < -0.39 is 17.1 Å². The van der Waals surface area contributed by atoms with Gasteiger partial charge >= 0.3 is 0 Å². The zero-order valence-electron chi connectivity index (χ0n) is 25.9. The molecular weight excluding hydrogens is 571 g/mol. The molecule has 7 atom stereocenters. The number of Topliss-reactive ketones (excluding diaryl/α,β-unsaturated/α-hetero) is 1. The zero-order valence-corrected chi connectivity index (χ0v) is 25.9.